The molecule has 0 unspecified atom stereocenters. The maximum Gasteiger partial charge on any atom is 0.175 e. The summed E-state index contributed by atoms with van der Waals surface area (Å²) in [6.07, 6.45) is 0. The van der Waals surface area contributed by atoms with Gasteiger partial charge in [-0.05, 0) is 55.0 Å². The van der Waals surface area contributed by atoms with Gasteiger partial charge in [0.1, 0.15) is 11.5 Å². The van der Waals surface area contributed by atoms with Crippen LogP contribution >= 0.6 is 12.2 Å². The second-order valence-electron chi connectivity index (χ2n) is 4.49. The van der Waals surface area contributed by atoms with Crippen molar-refractivity contribution in [3.05, 3.63) is 48.0 Å². The Morgan fingerprint density at radius 1 is 0.952 bits per heavy atom. The van der Waals surface area contributed by atoms with E-state index in [1.165, 1.54) is 0 Å². The van der Waals surface area contributed by atoms with E-state index in [1.54, 1.807) is 14.2 Å². The van der Waals surface area contributed by atoms with Crippen LogP contribution in [-0.4, -0.2) is 19.3 Å². The molecule has 0 heterocycles. The fraction of sp³-hybridized carbons (Fsp3) is 0.188. The molecule has 0 amide bonds. The third kappa shape index (κ3) is 4.10. The van der Waals surface area contributed by atoms with Crippen molar-refractivity contribution < 1.29 is 9.47 Å². The molecule has 0 aromatic heterocycles. The van der Waals surface area contributed by atoms with E-state index in [9.17, 15) is 0 Å². The van der Waals surface area contributed by atoms with Crippen LogP contribution in [0.5, 0.6) is 11.5 Å². The molecule has 0 aliphatic heterocycles. The summed E-state index contributed by atoms with van der Waals surface area (Å²) in [7, 11) is 3.28. The highest BCUT2D eigenvalue weighted by Crippen LogP contribution is 2.22. The molecule has 2 aromatic carbocycles. The first-order valence-corrected chi connectivity index (χ1v) is 6.90. The van der Waals surface area contributed by atoms with Crippen LogP contribution in [0.4, 0.5) is 11.4 Å². The molecule has 0 atom stereocenters. The molecule has 0 saturated carbocycles. The molecule has 0 aliphatic rings. The van der Waals surface area contributed by atoms with Gasteiger partial charge < -0.3 is 20.1 Å². The van der Waals surface area contributed by atoms with Gasteiger partial charge in [0.25, 0.3) is 0 Å². The van der Waals surface area contributed by atoms with Crippen LogP contribution in [0, 0.1) is 6.92 Å². The summed E-state index contributed by atoms with van der Waals surface area (Å²) < 4.78 is 10.4. The van der Waals surface area contributed by atoms with E-state index >= 15 is 0 Å². The number of nitrogens with one attached hydrogen (secondary N) is 2. The molecular formula is C16H18N2O2S. The minimum absolute atomic E-state index is 0.525. The Kier molecular flexibility index (Phi) is 5.00. The number of methoxy groups -OCH3 is 2. The van der Waals surface area contributed by atoms with E-state index in [2.05, 4.69) is 10.6 Å². The van der Waals surface area contributed by atoms with E-state index in [0.29, 0.717) is 5.11 Å². The van der Waals surface area contributed by atoms with Gasteiger partial charge in [-0.25, -0.2) is 0 Å². The van der Waals surface area contributed by atoms with E-state index < -0.39 is 0 Å². The summed E-state index contributed by atoms with van der Waals surface area (Å²) in [6, 6.07) is 13.4. The van der Waals surface area contributed by atoms with Crippen molar-refractivity contribution in [3.63, 3.8) is 0 Å². The molecular weight excluding hydrogens is 284 g/mol. The Labute approximate surface area is 130 Å². The highest BCUT2D eigenvalue weighted by molar-refractivity contribution is 7.80. The van der Waals surface area contributed by atoms with Gasteiger partial charge in [-0.2, -0.15) is 0 Å². The number of anilines is 2. The van der Waals surface area contributed by atoms with Gasteiger partial charge in [-0.15, -0.1) is 0 Å². The molecule has 4 nitrogen and oxygen atoms in total. The third-order valence-electron chi connectivity index (χ3n) is 3.01. The SMILES string of the molecule is COc1cccc(NC(=S)Nc2ccc(OC)cc2C)c1. The first kappa shape index (κ1) is 15.1. The molecule has 0 saturated heterocycles. The molecule has 0 fully saturated rings. The second kappa shape index (κ2) is 6.95. The fourth-order valence-corrected chi connectivity index (χ4v) is 2.12. The van der Waals surface area contributed by atoms with Gasteiger partial charge in [0.15, 0.2) is 5.11 Å². The summed E-state index contributed by atoms with van der Waals surface area (Å²) in [4.78, 5) is 0. The Morgan fingerprint density at radius 2 is 1.67 bits per heavy atom. The molecule has 0 spiro atoms. The van der Waals surface area contributed by atoms with Crippen LogP contribution in [0.1, 0.15) is 5.56 Å². The molecule has 0 radical (unpaired) electrons. The van der Waals surface area contributed by atoms with Crippen LogP contribution in [0.15, 0.2) is 42.5 Å². The monoisotopic (exact) mass is 302 g/mol. The van der Waals surface area contributed by atoms with Crippen LogP contribution in [-0.2, 0) is 0 Å². The van der Waals surface area contributed by atoms with Crippen molar-refractivity contribution in [1.29, 1.82) is 0 Å². The van der Waals surface area contributed by atoms with Gasteiger partial charge in [0.05, 0.1) is 14.2 Å². The van der Waals surface area contributed by atoms with Gasteiger partial charge in [-0.1, -0.05) is 6.07 Å². The molecule has 0 aliphatic carbocycles. The predicted molar refractivity (Wildman–Crippen MR) is 90.6 cm³/mol. The van der Waals surface area contributed by atoms with Gasteiger partial charge in [0, 0.05) is 17.4 Å². The number of hydrogen-bond donors (Lipinski definition) is 2. The quantitative estimate of drug-likeness (QED) is 0.840. The summed E-state index contributed by atoms with van der Waals surface area (Å²) in [5.41, 5.74) is 2.87. The summed E-state index contributed by atoms with van der Waals surface area (Å²) >= 11 is 5.32. The van der Waals surface area contributed by atoms with E-state index in [4.69, 9.17) is 21.7 Å². The maximum absolute atomic E-state index is 5.32. The Bertz CT molecular complexity index is 644. The number of thiocarbonyl (C=S) groups is 1. The molecule has 5 heteroatoms. The van der Waals surface area contributed by atoms with Crippen LogP contribution < -0.4 is 20.1 Å². The summed E-state index contributed by atoms with van der Waals surface area (Å²) in [5.74, 6) is 1.60. The van der Waals surface area contributed by atoms with Crippen LogP contribution in [0.3, 0.4) is 0 Å². The Balaban J connectivity index is 2.04. The van der Waals surface area contributed by atoms with Gasteiger partial charge in [0.2, 0.25) is 0 Å². The van der Waals surface area contributed by atoms with Crippen molar-refractivity contribution in [3.8, 4) is 11.5 Å². The number of benzene rings is 2. The van der Waals surface area contributed by atoms with Crippen molar-refractivity contribution >= 4 is 28.7 Å². The summed E-state index contributed by atoms with van der Waals surface area (Å²) in [6.45, 7) is 2.00. The Hall–Kier alpha value is -2.27. The number of ether oxygens (including phenoxy) is 2. The minimum atomic E-state index is 0.525. The van der Waals surface area contributed by atoms with E-state index in [0.717, 1.165) is 28.4 Å². The molecule has 2 aromatic rings. The smallest absolute Gasteiger partial charge is 0.175 e. The zero-order valence-corrected chi connectivity index (χ0v) is 13.1. The normalized spacial score (nSPS) is 9.86. The zero-order valence-electron chi connectivity index (χ0n) is 12.3. The van der Waals surface area contributed by atoms with Crippen molar-refractivity contribution in [2.24, 2.45) is 0 Å². The zero-order chi connectivity index (χ0) is 15.2. The lowest BCUT2D eigenvalue weighted by atomic mass is 10.2. The molecule has 2 rings (SSSR count). The molecule has 2 N–H and O–H groups in total. The second-order valence-corrected chi connectivity index (χ2v) is 4.90. The van der Waals surface area contributed by atoms with Gasteiger partial charge >= 0.3 is 0 Å². The van der Waals surface area contributed by atoms with Gasteiger partial charge in [-0.3, -0.25) is 0 Å². The molecule has 21 heavy (non-hydrogen) atoms. The average molecular weight is 302 g/mol. The minimum Gasteiger partial charge on any atom is -0.497 e. The summed E-state index contributed by atoms with van der Waals surface area (Å²) in [5, 5.41) is 6.83. The lowest BCUT2D eigenvalue weighted by Gasteiger charge is -2.13. The van der Waals surface area contributed by atoms with Crippen molar-refractivity contribution in [1.82, 2.24) is 0 Å². The van der Waals surface area contributed by atoms with E-state index in [1.807, 2.05) is 49.4 Å². The first-order chi connectivity index (χ1) is 10.1. The van der Waals surface area contributed by atoms with Crippen LogP contribution in [0.2, 0.25) is 0 Å². The first-order valence-electron chi connectivity index (χ1n) is 6.49. The topological polar surface area (TPSA) is 42.5 Å². The highest BCUT2D eigenvalue weighted by atomic mass is 32.1. The number of hydrogen-bond acceptors (Lipinski definition) is 3. The average Bonchev–Trinajstić information content (AvgIpc) is 2.49. The lowest BCUT2D eigenvalue weighted by Crippen LogP contribution is -2.19. The number of rotatable bonds is 4. The van der Waals surface area contributed by atoms with E-state index in [-0.39, 0.29) is 0 Å². The predicted octanol–water partition coefficient (Wildman–Crippen LogP) is 3.82. The largest absolute Gasteiger partial charge is 0.497 e. The third-order valence-corrected chi connectivity index (χ3v) is 3.21. The standard InChI is InChI=1S/C16H18N2O2S/c1-11-9-14(20-3)7-8-15(11)18-16(21)17-12-5-4-6-13(10-12)19-2/h4-10H,1-3H3,(H2,17,18,21). The molecule has 110 valence electrons. The van der Waals surface area contributed by atoms with Crippen molar-refractivity contribution in [2.45, 2.75) is 6.92 Å². The number of aryl methyl sites for hydroxylation is 1. The lowest BCUT2D eigenvalue weighted by molar-refractivity contribution is 0.414. The fourth-order valence-electron chi connectivity index (χ4n) is 1.89. The molecule has 0 bridgehead atoms. The van der Waals surface area contributed by atoms with Crippen LogP contribution in [0.25, 0.3) is 0 Å². The maximum atomic E-state index is 5.32. The Morgan fingerprint density at radius 3 is 2.33 bits per heavy atom. The highest BCUT2D eigenvalue weighted by Gasteiger charge is 2.04. The van der Waals surface area contributed by atoms with Crippen molar-refractivity contribution in [2.75, 3.05) is 24.9 Å².